The van der Waals surface area contributed by atoms with E-state index in [9.17, 15) is 14.4 Å². The van der Waals surface area contributed by atoms with Gasteiger partial charge in [-0.2, -0.15) is 0 Å². The Hall–Kier alpha value is -6.67. The lowest BCUT2D eigenvalue weighted by molar-refractivity contribution is 0.00995. The molecule has 56 heavy (non-hydrogen) atoms. The predicted octanol–water partition coefficient (Wildman–Crippen LogP) is 9.55. The molecule has 1 fully saturated rings. The Morgan fingerprint density at radius 1 is 0.518 bits per heavy atom. The fraction of sp³-hybridized carbons (Fsp3) is 0.188. The fourth-order valence-electron chi connectivity index (χ4n) is 6.67. The van der Waals surface area contributed by atoms with Crippen molar-refractivity contribution in [2.45, 2.75) is 57.6 Å². The van der Waals surface area contributed by atoms with E-state index < -0.39 is 18.1 Å². The number of benzene rings is 6. The van der Waals surface area contributed by atoms with E-state index in [2.05, 4.69) is 5.32 Å². The van der Waals surface area contributed by atoms with Gasteiger partial charge in [0.2, 0.25) is 5.78 Å². The van der Waals surface area contributed by atoms with Crippen molar-refractivity contribution in [2.24, 2.45) is 0 Å². The molecule has 0 saturated heterocycles. The van der Waals surface area contributed by atoms with Crippen LogP contribution in [-0.2, 0) is 24.6 Å². The van der Waals surface area contributed by atoms with Crippen LogP contribution in [0.4, 0.5) is 0 Å². The number of ketones is 1. The first-order valence-corrected chi connectivity index (χ1v) is 18.9. The van der Waals surface area contributed by atoms with Gasteiger partial charge in [-0.05, 0) is 72.4 Å². The summed E-state index contributed by atoms with van der Waals surface area (Å²) in [5.41, 5.74) is 4.14. The molecule has 0 aromatic heterocycles. The summed E-state index contributed by atoms with van der Waals surface area (Å²) in [6, 6.07) is 47.7. The summed E-state index contributed by atoms with van der Waals surface area (Å²) in [7, 11) is 0. The molecule has 1 aliphatic carbocycles. The summed E-state index contributed by atoms with van der Waals surface area (Å²) >= 11 is 0. The molecule has 8 heteroatoms. The largest absolute Gasteiger partial charge is 0.489 e. The summed E-state index contributed by atoms with van der Waals surface area (Å²) < 4.78 is 24.7. The second kappa shape index (κ2) is 18.6. The maximum Gasteiger partial charge on any atom is 0.338 e. The smallest absolute Gasteiger partial charge is 0.338 e. The quantitative estimate of drug-likeness (QED) is 0.0826. The number of carbonyl (C=O) groups is 3. The maximum absolute atomic E-state index is 14.2. The van der Waals surface area contributed by atoms with Gasteiger partial charge in [-0.1, -0.05) is 128 Å². The first-order valence-electron chi connectivity index (χ1n) is 18.9. The molecule has 6 aromatic rings. The highest BCUT2D eigenvalue weighted by molar-refractivity contribution is 6.13. The molecule has 2 atom stereocenters. The molecule has 1 amide bonds. The van der Waals surface area contributed by atoms with E-state index in [-0.39, 0.29) is 47.5 Å². The number of amides is 1. The zero-order valence-electron chi connectivity index (χ0n) is 31.0. The summed E-state index contributed by atoms with van der Waals surface area (Å²) in [6.07, 6.45) is 2.41. The minimum atomic E-state index is -0.608. The molecule has 282 valence electrons. The van der Waals surface area contributed by atoms with Crippen LogP contribution in [0.25, 0.3) is 0 Å². The van der Waals surface area contributed by atoms with Crippen LogP contribution < -0.4 is 19.5 Å². The summed E-state index contributed by atoms with van der Waals surface area (Å²) in [5, 5.41) is 3.11. The zero-order valence-corrected chi connectivity index (χ0v) is 31.0. The number of ether oxygens (including phenoxy) is 4. The van der Waals surface area contributed by atoms with Gasteiger partial charge in [0.15, 0.2) is 0 Å². The van der Waals surface area contributed by atoms with E-state index in [4.69, 9.17) is 18.9 Å². The Labute approximate surface area is 327 Å². The number of hydrogen-bond donors (Lipinski definition) is 1. The molecular formula is C48H43NO7. The van der Waals surface area contributed by atoms with Crippen molar-refractivity contribution in [1.82, 2.24) is 5.32 Å². The van der Waals surface area contributed by atoms with E-state index in [1.54, 1.807) is 60.7 Å². The van der Waals surface area contributed by atoms with E-state index in [1.165, 1.54) is 0 Å². The number of nitrogens with one attached hydrogen (secondary N) is 1. The molecule has 6 aromatic carbocycles. The first kappa shape index (κ1) is 37.6. The van der Waals surface area contributed by atoms with Crippen LogP contribution >= 0.6 is 0 Å². The van der Waals surface area contributed by atoms with Crippen molar-refractivity contribution in [2.75, 3.05) is 0 Å². The van der Waals surface area contributed by atoms with Crippen LogP contribution in [0.2, 0.25) is 0 Å². The molecule has 0 bridgehead atoms. The number of rotatable bonds is 15. The van der Waals surface area contributed by atoms with E-state index in [1.807, 2.05) is 97.1 Å². The highest BCUT2D eigenvalue weighted by atomic mass is 16.5. The molecule has 1 saturated carbocycles. The van der Waals surface area contributed by atoms with Crippen LogP contribution in [0, 0.1) is 0 Å². The second-order valence-corrected chi connectivity index (χ2v) is 13.7. The van der Waals surface area contributed by atoms with E-state index in [0.717, 1.165) is 29.5 Å². The van der Waals surface area contributed by atoms with Gasteiger partial charge < -0.3 is 24.3 Å². The third-order valence-corrected chi connectivity index (χ3v) is 9.68. The minimum absolute atomic E-state index is 0.156. The third-order valence-electron chi connectivity index (χ3n) is 9.68. The molecule has 0 spiro atoms. The molecule has 1 aliphatic rings. The predicted molar refractivity (Wildman–Crippen MR) is 214 cm³/mol. The van der Waals surface area contributed by atoms with Crippen molar-refractivity contribution in [3.63, 3.8) is 0 Å². The highest BCUT2D eigenvalue weighted by Crippen LogP contribution is 2.35. The van der Waals surface area contributed by atoms with Gasteiger partial charge in [0.05, 0.1) is 11.6 Å². The van der Waals surface area contributed by atoms with Crippen LogP contribution in [0.1, 0.15) is 79.0 Å². The molecule has 8 nitrogen and oxygen atoms in total. The van der Waals surface area contributed by atoms with Crippen LogP contribution in [0.3, 0.4) is 0 Å². The SMILES string of the molecule is O=C(NC1CCCCC1OC(=O)c1cc(OCc2ccccc2)c(C(=O)c2ccccc2)c(OCc2ccccc2)c1)c1ccc(OCc2ccccc2)cc1. The summed E-state index contributed by atoms with van der Waals surface area (Å²) in [6.45, 7) is 0.738. The highest BCUT2D eigenvalue weighted by Gasteiger charge is 2.32. The summed E-state index contributed by atoms with van der Waals surface area (Å²) in [4.78, 5) is 41.7. The molecular weight excluding hydrogens is 703 g/mol. The lowest BCUT2D eigenvalue weighted by Crippen LogP contribution is -2.47. The number of esters is 1. The van der Waals surface area contributed by atoms with E-state index >= 15 is 0 Å². The molecule has 0 radical (unpaired) electrons. The Morgan fingerprint density at radius 3 is 1.54 bits per heavy atom. The van der Waals surface area contributed by atoms with Crippen molar-refractivity contribution in [3.05, 3.63) is 197 Å². The van der Waals surface area contributed by atoms with Gasteiger partial charge in [0.1, 0.15) is 48.7 Å². The molecule has 0 aliphatic heterocycles. The molecule has 2 unspecified atom stereocenters. The Kier molecular flexibility index (Phi) is 12.5. The molecule has 7 rings (SSSR count). The van der Waals surface area contributed by atoms with Crippen molar-refractivity contribution < 1.29 is 33.3 Å². The number of hydrogen-bond acceptors (Lipinski definition) is 7. The van der Waals surface area contributed by atoms with Crippen LogP contribution in [-0.4, -0.2) is 29.8 Å². The van der Waals surface area contributed by atoms with Gasteiger partial charge in [-0.3, -0.25) is 9.59 Å². The third kappa shape index (κ3) is 9.89. The van der Waals surface area contributed by atoms with E-state index in [0.29, 0.717) is 36.3 Å². The van der Waals surface area contributed by atoms with Crippen molar-refractivity contribution in [3.8, 4) is 17.2 Å². The normalized spacial score (nSPS) is 14.9. The van der Waals surface area contributed by atoms with Gasteiger partial charge in [0, 0.05) is 11.1 Å². The molecule has 0 heterocycles. The topological polar surface area (TPSA) is 100 Å². The second-order valence-electron chi connectivity index (χ2n) is 13.7. The Balaban J connectivity index is 1.11. The fourth-order valence-corrected chi connectivity index (χ4v) is 6.67. The Bertz CT molecular complexity index is 2150. The van der Waals surface area contributed by atoms with Gasteiger partial charge >= 0.3 is 5.97 Å². The van der Waals surface area contributed by atoms with Crippen LogP contribution in [0.15, 0.2) is 158 Å². The lowest BCUT2D eigenvalue weighted by Gasteiger charge is -2.32. The lowest BCUT2D eigenvalue weighted by atomic mass is 9.92. The zero-order chi connectivity index (χ0) is 38.5. The minimum Gasteiger partial charge on any atom is -0.489 e. The van der Waals surface area contributed by atoms with Crippen LogP contribution in [0.5, 0.6) is 17.2 Å². The average Bonchev–Trinajstić information content (AvgIpc) is 3.26. The summed E-state index contributed by atoms with van der Waals surface area (Å²) in [5.74, 6) is -0.115. The average molecular weight is 746 g/mol. The number of carbonyl (C=O) groups excluding carboxylic acids is 3. The van der Waals surface area contributed by atoms with Gasteiger partial charge in [0.25, 0.3) is 5.91 Å². The van der Waals surface area contributed by atoms with Gasteiger partial charge in [-0.15, -0.1) is 0 Å². The van der Waals surface area contributed by atoms with Crippen molar-refractivity contribution in [1.29, 1.82) is 0 Å². The first-order chi connectivity index (χ1) is 27.5. The maximum atomic E-state index is 14.2. The van der Waals surface area contributed by atoms with Gasteiger partial charge in [-0.25, -0.2) is 4.79 Å². The monoisotopic (exact) mass is 745 g/mol. The Morgan fingerprint density at radius 2 is 1.00 bits per heavy atom. The van der Waals surface area contributed by atoms with Crippen molar-refractivity contribution >= 4 is 17.7 Å². The standard InChI is InChI=1S/C48H43NO7/c50-46(37-21-11-4-12-22-37)45-43(54-32-35-17-7-2-8-18-35)29-39(30-44(45)55-33-36-19-9-3-10-20-36)48(52)56-42-24-14-13-23-41(42)49-47(51)38-25-27-40(28-26-38)53-31-34-15-5-1-6-16-34/h1-12,15-22,25-30,41-42H,13-14,23-24,31-33H2,(H,49,51). The molecule has 1 N–H and O–H groups in total.